The smallest absolute Gasteiger partial charge is 0.325 e. The lowest BCUT2D eigenvalue weighted by atomic mass is 10.2. The summed E-state index contributed by atoms with van der Waals surface area (Å²) in [5.41, 5.74) is -0.473. The van der Waals surface area contributed by atoms with E-state index in [0.717, 1.165) is 0 Å². The van der Waals surface area contributed by atoms with Gasteiger partial charge >= 0.3 is 5.97 Å². The van der Waals surface area contributed by atoms with E-state index in [-0.39, 0.29) is 18.6 Å². The third-order valence-electron chi connectivity index (χ3n) is 1.84. The fraction of sp³-hybridized carbons (Fsp3) is 0.833. The Hall–Kier alpha value is -1.30. The van der Waals surface area contributed by atoms with Gasteiger partial charge in [0.25, 0.3) is 0 Å². The highest BCUT2D eigenvalue weighted by molar-refractivity contribution is 5.84. The number of ether oxygens (including phenoxy) is 2. The van der Waals surface area contributed by atoms with Gasteiger partial charge in [-0.25, -0.2) is 0 Å². The lowest BCUT2D eigenvalue weighted by molar-refractivity contribution is -0.153. The predicted molar refractivity (Wildman–Crippen MR) is 71.7 cm³/mol. The van der Waals surface area contributed by atoms with Gasteiger partial charge in [-0.15, -0.1) is 0 Å². The third kappa shape index (κ3) is 8.81. The van der Waals surface area contributed by atoms with Crippen LogP contribution in [0.3, 0.4) is 0 Å². The maximum atomic E-state index is 11.5. The van der Waals surface area contributed by atoms with Crippen LogP contribution in [-0.2, 0) is 14.3 Å². The van der Waals surface area contributed by atoms with Crippen molar-refractivity contribution in [3.63, 3.8) is 0 Å². The summed E-state index contributed by atoms with van der Waals surface area (Å²) in [7, 11) is 3.28. The standard InChI is InChI=1S/C12H25N3O3/c1-9(8-17-6)15-11(13-5)14-7-10(16)18-12(2,3)4/h9H,7-8H2,1-6H3,(H2,13,14,15). The van der Waals surface area contributed by atoms with Crippen molar-refractivity contribution in [2.24, 2.45) is 4.99 Å². The SMILES string of the molecule is CN=C(NCC(=O)OC(C)(C)C)NC(C)COC. The molecule has 106 valence electrons. The topological polar surface area (TPSA) is 72.0 Å². The fourth-order valence-electron chi connectivity index (χ4n) is 1.25. The second-order valence-corrected chi connectivity index (χ2v) is 5.01. The molecule has 0 aliphatic heterocycles. The van der Waals surface area contributed by atoms with Crippen LogP contribution in [0.4, 0.5) is 0 Å². The van der Waals surface area contributed by atoms with E-state index in [2.05, 4.69) is 15.6 Å². The molecule has 0 fully saturated rings. The Labute approximate surface area is 109 Å². The molecule has 0 saturated heterocycles. The number of methoxy groups -OCH3 is 1. The Morgan fingerprint density at radius 3 is 2.44 bits per heavy atom. The van der Waals surface area contributed by atoms with Crippen molar-refractivity contribution in [3.05, 3.63) is 0 Å². The van der Waals surface area contributed by atoms with Crippen LogP contribution in [0, 0.1) is 0 Å². The lowest BCUT2D eigenvalue weighted by Crippen LogP contribution is -2.46. The van der Waals surface area contributed by atoms with E-state index in [1.54, 1.807) is 14.2 Å². The number of carbonyl (C=O) groups excluding carboxylic acids is 1. The van der Waals surface area contributed by atoms with Crippen molar-refractivity contribution >= 4 is 11.9 Å². The van der Waals surface area contributed by atoms with Crippen molar-refractivity contribution < 1.29 is 14.3 Å². The molecular weight excluding hydrogens is 234 g/mol. The minimum Gasteiger partial charge on any atom is -0.459 e. The first-order valence-electron chi connectivity index (χ1n) is 5.96. The summed E-state index contributed by atoms with van der Waals surface area (Å²) in [6.45, 7) is 8.10. The minimum absolute atomic E-state index is 0.0800. The van der Waals surface area contributed by atoms with E-state index in [9.17, 15) is 4.79 Å². The molecule has 0 aliphatic rings. The summed E-state index contributed by atoms with van der Waals surface area (Å²) < 4.78 is 10.2. The molecule has 1 unspecified atom stereocenters. The number of esters is 1. The highest BCUT2D eigenvalue weighted by Crippen LogP contribution is 2.06. The molecule has 0 aliphatic carbocycles. The Bertz CT molecular complexity index is 285. The molecule has 2 N–H and O–H groups in total. The van der Waals surface area contributed by atoms with Gasteiger partial charge in [0.15, 0.2) is 5.96 Å². The van der Waals surface area contributed by atoms with Crippen LogP contribution in [0.1, 0.15) is 27.7 Å². The number of carbonyl (C=O) groups is 1. The lowest BCUT2D eigenvalue weighted by Gasteiger charge is -2.21. The second-order valence-electron chi connectivity index (χ2n) is 5.01. The van der Waals surface area contributed by atoms with E-state index >= 15 is 0 Å². The monoisotopic (exact) mass is 259 g/mol. The van der Waals surface area contributed by atoms with E-state index < -0.39 is 5.60 Å². The Morgan fingerprint density at radius 1 is 1.39 bits per heavy atom. The first-order chi connectivity index (χ1) is 8.28. The maximum absolute atomic E-state index is 11.5. The predicted octanol–water partition coefficient (Wildman–Crippen LogP) is 0.528. The average Bonchev–Trinajstić information content (AvgIpc) is 2.22. The number of aliphatic imine (C=N–C) groups is 1. The van der Waals surface area contributed by atoms with Crippen molar-refractivity contribution in [2.45, 2.75) is 39.3 Å². The zero-order valence-electron chi connectivity index (χ0n) is 12.2. The van der Waals surface area contributed by atoms with Crippen molar-refractivity contribution in [2.75, 3.05) is 27.3 Å². The van der Waals surface area contributed by atoms with Gasteiger partial charge in [0.2, 0.25) is 0 Å². The van der Waals surface area contributed by atoms with E-state index in [0.29, 0.717) is 12.6 Å². The quantitative estimate of drug-likeness (QED) is 0.428. The van der Waals surface area contributed by atoms with Crippen LogP contribution >= 0.6 is 0 Å². The number of nitrogens with zero attached hydrogens (tertiary/aromatic N) is 1. The largest absolute Gasteiger partial charge is 0.459 e. The van der Waals surface area contributed by atoms with Gasteiger partial charge < -0.3 is 20.1 Å². The summed E-state index contributed by atoms with van der Waals surface area (Å²) in [4.78, 5) is 15.5. The molecule has 0 saturated carbocycles. The first-order valence-corrected chi connectivity index (χ1v) is 5.96. The van der Waals surface area contributed by atoms with E-state index in [1.165, 1.54) is 0 Å². The first kappa shape index (κ1) is 16.7. The van der Waals surface area contributed by atoms with Crippen molar-refractivity contribution in [1.29, 1.82) is 0 Å². The Balaban J connectivity index is 4.05. The van der Waals surface area contributed by atoms with Crippen LogP contribution in [0.5, 0.6) is 0 Å². The molecule has 6 nitrogen and oxygen atoms in total. The van der Waals surface area contributed by atoms with Gasteiger partial charge in [0, 0.05) is 20.2 Å². The molecule has 0 rings (SSSR count). The Kier molecular flexibility index (Phi) is 7.35. The molecule has 0 amide bonds. The zero-order valence-corrected chi connectivity index (χ0v) is 12.2. The highest BCUT2D eigenvalue weighted by Gasteiger charge is 2.16. The van der Waals surface area contributed by atoms with Gasteiger partial charge in [0.1, 0.15) is 12.1 Å². The number of rotatable bonds is 5. The summed E-state index contributed by atoms with van der Waals surface area (Å²) in [6.07, 6.45) is 0. The molecule has 0 radical (unpaired) electrons. The minimum atomic E-state index is -0.473. The number of hydrogen-bond acceptors (Lipinski definition) is 4. The maximum Gasteiger partial charge on any atom is 0.325 e. The molecule has 0 heterocycles. The van der Waals surface area contributed by atoms with Crippen molar-refractivity contribution in [1.82, 2.24) is 10.6 Å². The summed E-state index contributed by atoms with van der Waals surface area (Å²) in [5, 5.41) is 5.98. The van der Waals surface area contributed by atoms with Gasteiger partial charge in [-0.05, 0) is 27.7 Å². The van der Waals surface area contributed by atoms with E-state index in [1.807, 2.05) is 27.7 Å². The molecule has 6 heteroatoms. The van der Waals surface area contributed by atoms with Crippen LogP contribution in [0.25, 0.3) is 0 Å². The number of hydrogen-bond donors (Lipinski definition) is 2. The van der Waals surface area contributed by atoms with Crippen LogP contribution in [0.15, 0.2) is 4.99 Å². The summed E-state index contributed by atoms with van der Waals surface area (Å²) in [5.74, 6) is 0.232. The van der Waals surface area contributed by atoms with Gasteiger partial charge in [-0.3, -0.25) is 9.79 Å². The third-order valence-corrected chi connectivity index (χ3v) is 1.84. The normalized spacial score (nSPS) is 14.0. The van der Waals surface area contributed by atoms with E-state index in [4.69, 9.17) is 9.47 Å². The molecule has 0 aromatic rings. The van der Waals surface area contributed by atoms with Gasteiger partial charge in [-0.1, -0.05) is 0 Å². The fourth-order valence-corrected chi connectivity index (χ4v) is 1.25. The second kappa shape index (κ2) is 7.92. The molecule has 0 bridgehead atoms. The van der Waals surface area contributed by atoms with Crippen LogP contribution in [-0.4, -0.2) is 50.9 Å². The number of nitrogens with one attached hydrogen (secondary N) is 2. The Morgan fingerprint density at radius 2 is 2.00 bits per heavy atom. The van der Waals surface area contributed by atoms with Crippen LogP contribution in [0.2, 0.25) is 0 Å². The molecule has 0 aromatic carbocycles. The molecule has 0 aromatic heterocycles. The zero-order chi connectivity index (χ0) is 14.2. The molecule has 18 heavy (non-hydrogen) atoms. The number of guanidine groups is 1. The van der Waals surface area contributed by atoms with Crippen LogP contribution < -0.4 is 10.6 Å². The molecular formula is C12H25N3O3. The van der Waals surface area contributed by atoms with Gasteiger partial charge in [0.05, 0.1) is 6.61 Å². The molecule has 0 spiro atoms. The van der Waals surface area contributed by atoms with Gasteiger partial charge in [-0.2, -0.15) is 0 Å². The summed E-state index contributed by atoms with van der Waals surface area (Å²) in [6, 6.07) is 0.111. The van der Waals surface area contributed by atoms with Crippen molar-refractivity contribution in [3.8, 4) is 0 Å². The summed E-state index contributed by atoms with van der Waals surface area (Å²) >= 11 is 0. The highest BCUT2D eigenvalue weighted by atomic mass is 16.6. The molecule has 1 atom stereocenters. The average molecular weight is 259 g/mol.